The molecule has 0 spiro atoms. The number of rotatable bonds is 8. The summed E-state index contributed by atoms with van der Waals surface area (Å²) in [4.78, 5) is 12.2. The minimum Gasteiger partial charge on any atom is -0.326 e. The van der Waals surface area contributed by atoms with Crippen LogP contribution in [0.15, 0.2) is 34.5 Å². The molecule has 132 valence electrons. The third kappa shape index (κ3) is 3.61. The van der Waals surface area contributed by atoms with Gasteiger partial charge in [-0.1, -0.05) is 0 Å². The molecule has 0 radical (unpaired) electrons. The van der Waals surface area contributed by atoms with Gasteiger partial charge in [0, 0.05) is 36.9 Å². The van der Waals surface area contributed by atoms with Crippen LogP contribution in [-0.4, -0.2) is 31.8 Å². The van der Waals surface area contributed by atoms with Crippen LogP contribution in [0.25, 0.3) is 11.4 Å². The Morgan fingerprint density at radius 1 is 1.27 bits per heavy atom. The van der Waals surface area contributed by atoms with Crippen LogP contribution in [0.5, 0.6) is 0 Å². The van der Waals surface area contributed by atoms with Crippen LogP contribution in [0, 0.1) is 12.3 Å². The molecule has 8 nitrogen and oxygen atoms in total. The summed E-state index contributed by atoms with van der Waals surface area (Å²) in [6.45, 7) is 0. The van der Waals surface area contributed by atoms with Crippen LogP contribution in [0.4, 0.5) is 5.69 Å². The number of hydrogen-bond donors (Lipinski definition) is 1. The molecule has 1 aliphatic carbocycles. The van der Waals surface area contributed by atoms with Crippen molar-refractivity contribution in [2.45, 2.75) is 50.2 Å². The molecule has 4 rings (SSSR count). The van der Waals surface area contributed by atoms with Crippen molar-refractivity contribution in [3.8, 4) is 23.7 Å². The molecule has 8 heteroatoms. The van der Waals surface area contributed by atoms with E-state index in [1.807, 2.05) is 28.9 Å². The predicted molar refractivity (Wildman–Crippen MR) is 95.0 cm³/mol. The van der Waals surface area contributed by atoms with E-state index in [2.05, 4.69) is 37.0 Å². The molecule has 1 aliphatic heterocycles. The second kappa shape index (κ2) is 6.67. The third-order valence-electron chi connectivity index (χ3n) is 4.62. The van der Waals surface area contributed by atoms with E-state index in [0.29, 0.717) is 31.7 Å². The van der Waals surface area contributed by atoms with Crippen LogP contribution in [0.2, 0.25) is 0 Å². The molecule has 1 fully saturated rings. The first-order valence-electron chi connectivity index (χ1n) is 8.75. The van der Waals surface area contributed by atoms with Crippen molar-refractivity contribution in [3.05, 3.63) is 24.3 Å². The van der Waals surface area contributed by atoms with Crippen molar-refractivity contribution in [3.63, 3.8) is 0 Å². The number of aromatic nitrogens is 4. The average Bonchev–Trinajstić information content (AvgIpc) is 3.59. The fourth-order valence-corrected chi connectivity index (χ4v) is 2.86. The van der Waals surface area contributed by atoms with Gasteiger partial charge >= 0.3 is 0 Å². The van der Waals surface area contributed by atoms with Gasteiger partial charge in [-0.05, 0) is 47.5 Å². The highest BCUT2D eigenvalue weighted by Gasteiger charge is 2.39. The van der Waals surface area contributed by atoms with Crippen LogP contribution in [0.1, 0.15) is 44.6 Å². The lowest BCUT2D eigenvalue weighted by atomic mass is 10.0. The van der Waals surface area contributed by atoms with E-state index in [1.165, 1.54) is 0 Å². The van der Waals surface area contributed by atoms with Gasteiger partial charge in [-0.3, -0.25) is 4.79 Å². The number of amides is 1. The van der Waals surface area contributed by atoms with Gasteiger partial charge < -0.3 is 5.32 Å². The van der Waals surface area contributed by atoms with E-state index in [4.69, 9.17) is 6.42 Å². The number of terminal acetylenes is 1. The Morgan fingerprint density at radius 2 is 2.04 bits per heavy atom. The maximum absolute atomic E-state index is 12.2. The number of hydrogen-bond acceptors (Lipinski definition) is 6. The van der Waals surface area contributed by atoms with Gasteiger partial charge in [-0.25, -0.2) is 4.68 Å². The largest absolute Gasteiger partial charge is 0.326 e. The fourth-order valence-electron chi connectivity index (χ4n) is 2.86. The molecule has 2 heterocycles. The number of nitrogens with one attached hydrogen (secondary N) is 1. The summed E-state index contributed by atoms with van der Waals surface area (Å²) < 4.78 is 1.87. The molecule has 1 saturated carbocycles. The molecular weight excluding hydrogens is 330 g/mol. The second-order valence-corrected chi connectivity index (χ2v) is 6.69. The first-order valence-corrected chi connectivity index (χ1v) is 8.75. The Hall–Kier alpha value is -3.08. The molecule has 0 saturated heterocycles. The van der Waals surface area contributed by atoms with Gasteiger partial charge in [0.15, 0.2) is 11.5 Å². The van der Waals surface area contributed by atoms with E-state index < -0.39 is 5.66 Å². The van der Waals surface area contributed by atoms with Crippen molar-refractivity contribution in [1.29, 1.82) is 0 Å². The minimum atomic E-state index is -0.423. The Balaban J connectivity index is 1.32. The van der Waals surface area contributed by atoms with Crippen LogP contribution in [-0.2, 0) is 4.79 Å². The van der Waals surface area contributed by atoms with Gasteiger partial charge in [0.05, 0.1) is 6.04 Å². The average molecular weight is 349 g/mol. The topological polar surface area (TPSA) is 97.4 Å². The summed E-state index contributed by atoms with van der Waals surface area (Å²) >= 11 is 0. The highest BCUT2D eigenvalue weighted by Crippen LogP contribution is 2.38. The quantitative estimate of drug-likeness (QED) is 0.741. The molecule has 0 atom stereocenters. The zero-order valence-corrected chi connectivity index (χ0v) is 14.3. The highest BCUT2D eigenvalue weighted by atomic mass is 16.1. The molecule has 0 unspecified atom stereocenters. The normalized spacial score (nSPS) is 16.9. The molecule has 1 N–H and O–H groups in total. The summed E-state index contributed by atoms with van der Waals surface area (Å²) in [6, 6.07) is 7.97. The highest BCUT2D eigenvalue weighted by molar-refractivity contribution is 5.91. The lowest BCUT2D eigenvalue weighted by molar-refractivity contribution is -0.116. The summed E-state index contributed by atoms with van der Waals surface area (Å²) in [5.41, 5.74) is 1.25. The van der Waals surface area contributed by atoms with Crippen LogP contribution >= 0.6 is 0 Å². The molecule has 1 amide bonds. The first-order chi connectivity index (χ1) is 12.7. The molecule has 0 bridgehead atoms. The maximum Gasteiger partial charge on any atom is 0.224 e. The van der Waals surface area contributed by atoms with Crippen molar-refractivity contribution >= 4 is 11.6 Å². The number of tetrazole rings is 1. The zero-order chi connectivity index (χ0) is 18.0. The van der Waals surface area contributed by atoms with E-state index in [9.17, 15) is 4.79 Å². The molecule has 26 heavy (non-hydrogen) atoms. The van der Waals surface area contributed by atoms with Crippen molar-refractivity contribution in [2.75, 3.05) is 5.32 Å². The lowest BCUT2D eigenvalue weighted by Crippen LogP contribution is -2.17. The molecule has 1 aromatic carbocycles. The van der Waals surface area contributed by atoms with Crippen molar-refractivity contribution in [2.24, 2.45) is 10.2 Å². The molecule has 2 aliphatic rings. The Kier molecular flexibility index (Phi) is 4.21. The summed E-state index contributed by atoms with van der Waals surface area (Å²) in [6.07, 6.45) is 9.79. The Labute approximate surface area is 151 Å². The number of nitrogens with zero attached hydrogens (tertiary/aromatic N) is 6. The summed E-state index contributed by atoms with van der Waals surface area (Å²) in [5, 5.41) is 22.9. The monoisotopic (exact) mass is 349 g/mol. The van der Waals surface area contributed by atoms with Crippen LogP contribution < -0.4 is 5.32 Å². The van der Waals surface area contributed by atoms with E-state index >= 15 is 0 Å². The lowest BCUT2D eigenvalue weighted by Gasteiger charge is -2.09. The SMILES string of the molecule is C#CCCC1(CCC(=O)Nc2ccc(-c3nnnn3C3CC3)cc2)N=N1. The van der Waals surface area contributed by atoms with E-state index in [-0.39, 0.29) is 5.91 Å². The van der Waals surface area contributed by atoms with Gasteiger partial charge in [0.25, 0.3) is 0 Å². The summed E-state index contributed by atoms with van der Waals surface area (Å²) in [5.74, 6) is 3.29. The van der Waals surface area contributed by atoms with E-state index in [1.54, 1.807) is 0 Å². The fraction of sp³-hybridized carbons (Fsp3) is 0.444. The van der Waals surface area contributed by atoms with Gasteiger partial charge in [0.2, 0.25) is 5.91 Å². The molecular formula is C18H19N7O. The maximum atomic E-state index is 12.2. The van der Waals surface area contributed by atoms with Crippen LogP contribution in [0.3, 0.4) is 0 Å². The standard InChI is InChI=1S/C18H19N7O/c1-2-3-11-18(21-22-18)12-10-16(26)19-14-6-4-13(5-7-14)17-20-23-24-25(17)15-8-9-15/h1,4-7,15H,3,8-12H2,(H,19,26). The third-order valence-corrected chi connectivity index (χ3v) is 4.62. The van der Waals surface area contributed by atoms with Gasteiger partial charge in [-0.2, -0.15) is 10.2 Å². The molecule has 1 aromatic heterocycles. The first kappa shape index (κ1) is 16.4. The summed E-state index contributed by atoms with van der Waals surface area (Å²) in [7, 11) is 0. The minimum absolute atomic E-state index is 0.0575. The van der Waals surface area contributed by atoms with Crippen molar-refractivity contribution in [1.82, 2.24) is 20.2 Å². The van der Waals surface area contributed by atoms with Crippen molar-refractivity contribution < 1.29 is 4.79 Å². The van der Waals surface area contributed by atoms with Gasteiger partial charge in [-0.15, -0.1) is 17.4 Å². The zero-order valence-electron chi connectivity index (χ0n) is 14.3. The smallest absolute Gasteiger partial charge is 0.224 e. The Morgan fingerprint density at radius 3 is 2.69 bits per heavy atom. The number of carbonyl (C=O) groups is 1. The second-order valence-electron chi connectivity index (χ2n) is 6.69. The number of anilines is 1. The molecule has 2 aromatic rings. The van der Waals surface area contributed by atoms with Gasteiger partial charge in [0.1, 0.15) is 0 Å². The Bertz CT molecular complexity index is 868. The van der Waals surface area contributed by atoms with E-state index in [0.717, 1.165) is 29.9 Å². The number of benzene rings is 1. The number of carbonyl (C=O) groups excluding carboxylic acids is 1. The predicted octanol–water partition coefficient (Wildman–Crippen LogP) is 2.97.